The van der Waals surface area contributed by atoms with Crippen molar-refractivity contribution in [3.63, 3.8) is 0 Å². The summed E-state index contributed by atoms with van der Waals surface area (Å²) in [6.45, 7) is 2.08. The lowest BCUT2D eigenvalue weighted by atomic mass is 10.2. The largest absolute Gasteiger partial charge is 0.478 e. The van der Waals surface area contributed by atoms with Crippen LogP contribution in [0.2, 0.25) is 0 Å². The van der Waals surface area contributed by atoms with Gasteiger partial charge in [0, 0.05) is 21.2 Å². The number of rotatable bonds is 5. The van der Waals surface area contributed by atoms with Gasteiger partial charge in [-0.15, -0.1) is 11.8 Å². The molecule has 0 saturated heterocycles. The van der Waals surface area contributed by atoms with Crippen molar-refractivity contribution < 1.29 is 15.0 Å². The number of aliphatic hydroxyl groups is 1. The minimum atomic E-state index is -0.939. The van der Waals surface area contributed by atoms with Crippen molar-refractivity contribution in [2.24, 2.45) is 0 Å². The molecule has 1 aromatic rings. The normalized spacial score (nSPS) is 12.4. The van der Waals surface area contributed by atoms with Gasteiger partial charge in [0.05, 0.1) is 5.56 Å². The Hall–Kier alpha value is -0.520. The Morgan fingerprint density at radius 3 is 2.81 bits per heavy atom. The highest BCUT2D eigenvalue weighted by atomic mass is 79.9. The summed E-state index contributed by atoms with van der Waals surface area (Å²) >= 11 is 4.70. The first kappa shape index (κ1) is 13.5. The van der Waals surface area contributed by atoms with E-state index in [1.54, 1.807) is 12.1 Å². The molecule has 1 atom stereocenters. The summed E-state index contributed by atoms with van der Waals surface area (Å²) in [5.74, 6) is -0.939. The van der Waals surface area contributed by atoms with Gasteiger partial charge >= 0.3 is 5.97 Å². The topological polar surface area (TPSA) is 57.5 Å². The summed E-state index contributed by atoms with van der Waals surface area (Å²) in [5, 5.41) is 18.1. The second-order valence-electron chi connectivity index (χ2n) is 3.36. The highest BCUT2D eigenvalue weighted by Gasteiger charge is 2.16. The molecule has 0 heterocycles. The molecule has 0 amide bonds. The third-order valence-electron chi connectivity index (χ3n) is 2.05. The molecular weight excluding hydrogens is 292 g/mol. The minimum absolute atomic E-state index is 0.116. The lowest BCUT2D eigenvalue weighted by Gasteiger charge is -2.12. The summed E-state index contributed by atoms with van der Waals surface area (Å²) in [6, 6.07) is 5.31. The molecule has 0 spiro atoms. The molecule has 0 saturated carbocycles. The van der Waals surface area contributed by atoms with Crippen molar-refractivity contribution in [1.82, 2.24) is 0 Å². The fraction of sp³-hybridized carbons (Fsp3) is 0.364. The van der Waals surface area contributed by atoms with E-state index in [1.807, 2.05) is 13.0 Å². The van der Waals surface area contributed by atoms with Gasteiger partial charge in [0.25, 0.3) is 0 Å². The fourth-order valence-corrected chi connectivity index (χ4v) is 3.06. The summed E-state index contributed by atoms with van der Waals surface area (Å²) in [6.07, 6.45) is 0.649. The van der Waals surface area contributed by atoms with E-state index in [1.165, 1.54) is 11.8 Å². The van der Waals surface area contributed by atoms with Crippen LogP contribution in [0.25, 0.3) is 0 Å². The van der Waals surface area contributed by atoms with E-state index in [4.69, 9.17) is 10.2 Å². The molecule has 1 unspecified atom stereocenters. The Kier molecular flexibility index (Phi) is 5.31. The maximum Gasteiger partial charge on any atom is 0.337 e. The van der Waals surface area contributed by atoms with E-state index < -0.39 is 5.97 Å². The fourth-order valence-electron chi connectivity index (χ4n) is 1.27. The van der Waals surface area contributed by atoms with Gasteiger partial charge in [-0.3, -0.25) is 0 Å². The second-order valence-corrected chi connectivity index (χ2v) is 5.69. The van der Waals surface area contributed by atoms with Crippen LogP contribution < -0.4 is 0 Å². The number of aromatic carboxylic acids is 1. The zero-order valence-corrected chi connectivity index (χ0v) is 11.2. The van der Waals surface area contributed by atoms with E-state index in [9.17, 15) is 4.79 Å². The number of carboxylic acids is 1. The predicted octanol–water partition coefficient (Wildman–Crippen LogP) is 3.01. The molecule has 0 aliphatic heterocycles. The quantitative estimate of drug-likeness (QED) is 0.821. The summed E-state index contributed by atoms with van der Waals surface area (Å²) in [5.41, 5.74) is 0.289. The Bertz CT molecular complexity index is 381. The smallest absolute Gasteiger partial charge is 0.337 e. The zero-order chi connectivity index (χ0) is 12.1. The maximum absolute atomic E-state index is 11.1. The number of carboxylic acid groups (broad SMARTS) is 1. The molecule has 0 radical (unpaired) electrons. The van der Waals surface area contributed by atoms with Crippen molar-refractivity contribution >= 4 is 33.7 Å². The van der Waals surface area contributed by atoms with Crippen LogP contribution in [0.3, 0.4) is 0 Å². The van der Waals surface area contributed by atoms with Crippen LogP contribution in [0.1, 0.15) is 23.7 Å². The van der Waals surface area contributed by atoms with Crippen molar-refractivity contribution in [2.45, 2.75) is 23.5 Å². The van der Waals surface area contributed by atoms with Gasteiger partial charge in [-0.25, -0.2) is 4.79 Å². The Balaban J connectivity index is 2.95. The molecule has 0 aliphatic rings. The van der Waals surface area contributed by atoms with Crippen LogP contribution in [0.15, 0.2) is 27.6 Å². The number of thioether (sulfide) groups is 1. The molecule has 5 heteroatoms. The molecule has 1 aromatic carbocycles. The molecule has 1 rings (SSSR count). The van der Waals surface area contributed by atoms with Crippen LogP contribution in [-0.4, -0.2) is 28.0 Å². The first-order chi connectivity index (χ1) is 7.56. The summed E-state index contributed by atoms with van der Waals surface area (Å²) in [4.78, 5) is 11.8. The number of carbonyl (C=O) groups is 1. The molecule has 0 fully saturated rings. The van der Waals surface area contributed by atoms with Gasteiger partial charge in [-0.05, 0) is 34.5 Å². The Morgan fingerprint density at radius 1 is 1.56 bits per heavy atom. The number of benzene rings is 1. The van der Waals surface area contributed by atoms with Crippen LogP contribution in [-0.2, 0) is 0 Å². The van der Waals surface area contributed by atoms with Gasteiger partial charge in [0.2, 0.25) is 0 Å². The van der Waals surface area contributed by atoms with Crippen molar-refractivity contribution in [1.29, 1.82) is 0 Å². The first-order valence-electron chi connectivity index (χ1n) is 4.85. The van der Waals surface area contributed by atoms with E-state index in [0.717, 1.165) is 4.90 Å². The molecule has 2 N–H and O–H groups in total. The van der Waals surface area contributed by atoms with Gasteiger partial charge in [0.15, 0.2) is 0 Å². The van der Waals surface area contributed by atoms with E-state index >= 15 is 0 Å². The van der Waals surface area contributed by atoms with Gasteiger partial charge in [-0.1, -0.05) is 13.0 Å². The van der Waals surface area contributed by atoms with Crippen molar-refractivity contribution in [3.8, 4) is 0 Å². The molecular formula is C11H13BrO3S. The highest BCUT2D eigenvalue weighted by molar-refractivity contribution is 9.10. The van der Waals surface area contributed by atoms with E-state index in [2.05, 4.69) is 15.9 Å². The SMILES string of the molecule is CC(CCO)Sc1cccc(Br)c1C(=O)O. The van der Waals surface area contributed by atoms with Crippen molar-refractivity contribution in [3.05, 3.63) is 28.2 Å². The molecule has 0 bridgehead atoms. The summed E-state index contributed by atoms with van der Waals surface area (Å²) < 4.78 is 0.584. The van der Waals surface area contributed by atoms with Crippen LogP contribution in [0, 0.1) is 0 Å². The van der Waals surface area contributed by atoms with Crippen LogP contribution in [0.5, 0.6) is 0 Å². The molecule has 16 heavy (non-hydrogen) atoms. The van der Waals surface area contributed by atoms with Gasteiger partial charge in [0.1, 0.15) is 0 Å². The lowest BCUT2D eigenvalue weighted by molar-refractivity contribution is 0.0692. The predicted molar refractivity (Wildman–Crippen MR) is 68.1 cm³/mol. The Labute approximate surface area is 107 Å². The monoisotopic (exact) mass is 304 g/mol. The highest BCUT2D eigenvalue weighted by Crippen LogP contribution is 2.32. The maximum atomic E-state index is 11.1. The average molecular weight is 305 g/mol. The van der Waals surface area contributed by atoms with Gasteiger partial charge < -0.3 is 10.2 Å². The van der Waals surface area contributed by atoms with Gasteiger partial charge in [-0.2, -0.15) is 0 Å². The summed E-state index contributed by atoms with van der Waals surface area (Å²) in [7, 11) is 0. The Morgan fingerprint density at radius 2 is 2.25 bits per heavy atom. The third kappa shape index (κ3) is 3.50. The van der Waals surface area contributed by atoms with Crippen LogP contribution in [0.4, 0.5) is 0 Å². The molecule has 3 nitrogen and oxygen atoms in total. The average Bonchev–Trinajstić information content (AvgIpc) is 2.17. The molecule has 0 aromatic heterocycles. The number of halogens is 1. The second kappa shape index (κ2) is 6.27. The molecule has 0 aliphatic carbocycles. The number of hydrogen-bond acceptors (Lipinski definition) is 3. The number of aliphatic hydroxyl groups excluding tert-OH is 1. The minimum Gasteiger partial charge on any atom is -0.478 e. The standard InChI is InChI=1S/C11H13BrO3S/c1-7(5-6-13)16-9-4-2-3-8(12)10(9)11(14)15/h2-4,7,13H,5-6H2,1H3,(H,14,15). The van der Waals surface area contributed by atoms with Crippen molar-refractivity contribution in [2.75, 3.05) is 6.61 Å². The lowest BCUT2D eigenvalue weighted by Crippen LogP contribution is -2.04. The van der Waals surface area contributed by atoms with Crippen LogP contribution >= 0.6 is 27.7 Å². The first-order valence-corrected chi connectivity index (χ1v) is 6.53. The third-order valence-corrected chi connectivity index (χ3v) is 3.95. The number of hydrogen-bond donors (Lipinski definition) is 2. The zero-order valence-electron chi connectivity index (χ0n) is 8.81. The van der Waals surface area contributed by atoms with E-state index in [0.29, 0.717) is 10.9 Å². The molecule has 88 valence electrons. The van der Waals surface area contributed by atoms with E-state index in [-0.39, 0.29) is 17.4 Å².